The van der Waals surface area contributed by atoms with Crippen molar-refractivity contribution in [1.82, 2.24) is 4.90 Å². The predicted octanol–water partition coefficient (Wildman–Crippen LogP) is 5.58. The number of likely N-dealkylation sites (tertiary alicyclic amines) is 1. The minimum atomic E-state index is -0.402. The molecular formula is C28H29NO. The van der Waals surface area contributed by atoms with Crippen molar-refractivity contribution < 1.29 is 4.79 Å². The summed E-state index contributed by atoms with van der Waals surface area (Å²) in [5, 5.41) is 0. The smallest absolute Gasteiger partial charge is 0.174 e. The topological polar surface area (TPSA) is 20.3 Å². The number of carbonyl (C=O) groups excluding carboxylic acids is 1. The number of rotatable bonds is 4. The van der Waals surface area contributed by atoms with Crippen molar-refractivity contribution in [3.8, 4) is 0 Å². The van der Waals surface area contributed by atoms with Crippen LogP contribution in [0.15, 0.2) is 78.9 Å². The molecule has 2 nitrogen and oxygen atoms in total. The first kappa shape index (κ1) is 19.3. The average molecular weight is 396 g/mol. The van der Waals surface area contributed by atoms with Crippen molar-refractivity contribution in [1.29, 1.82) is 0 Å². The lowest BCUT2D eigenvalue weighted by molar-refractivity contribution is 0.0735. The standard InChI is InChI=1S/C28H29NO/c1-21-11-13-22(14-12-21)20-29-17-15-25(16-18-29)28(24-8-3-2-4-9-24)19-23-7-5-6-10-26(23)27(28)30/h2-14,25H,15-20H2,1H3. The van der Waals surface area contributed by atoms with Crippen molar-refractivity contribution >= 4 is 5.78 Å². The van der Waals surface area contributed by atoms with Gasteiger partial charge in [0.2, 0.25) is 0 Å². The van der Waals surface area contributed by atoms with Crippen LogP contribution in [0.2, 0.25) is 0 Å². The first-order valence-electron chi connectivity index (χ1n) is 11.1. The summed E-state index contributed by atoms with van der Waals surface area (Å²) in [5.41, 5.74) is 5.63. The van der Waals surface area contributed by atoms with Gasteiger partial charge in [-0.05, 0) is 61.9 Å². The van der Waals surface area contributed by atoms with Crippen LogP contribution >= 0.6 is 0 Å². The number of fused-ring (bicyclic) bond motifs is 1. The summed E-state index contributed by atoms with van der Waals surface area (Å²) in [5.74, 6) is 0.718. The van der Waals surface area contributed by atoms with Crippen molar-refractivity contribution in [2.24, 2.45) is 5.92 Å². The molecule has 0 saturated carbocycles. The molecule has 1 unspecified atom stereocenters. The summed E-state index contributed by atoms with van der Waals surface area (Å²) in [6.07, 6.45) is 2.98. The quantitative estimate of drug-likeness (QED) is 0.574. The monoisotopic (exact) mass is 395 g/mol. The number of carbonyl (C=O) groups is 1. The lowest BCUT2D eigenvalue weighted by atomic mass is 9.64. The van der Waals surface area contributed by atoms with Gasteiger partial charge in [0.1, 0.15) is 0 Å². The van der Waals surface area contributed by atoms with Crippen LogP contribution in [0.5, 0.6) is 0 Å². The summed E-state index contributed by atoms with van der Waals surface area (Å²) < 4.78 is 0. The Morgan fingerprint density at radius 1 is 0.867 bits per heavy atom. The molecule has 1 saturated heterocycles. The summed E-state index contributed by atoms with van der Waals surface area (Å²) >= 11 is 0. The molecule has 3 aromatic rings. The number of nitrogens with zero attached hydrogens (tertiary/aromatic N) is 1. The van der Waals surface area contributed by atoms with Crippen LogP contribution in [-0.4, -0.2) is 23.8 Å². The molecule has 30 heavy (non-hydrogen) atoms. The molecule has 2 heteroatoms. The normalized spacial score (nSPS) is 22.2. The van der Waals surface area contributed by atoms with E-state index in [1.54, 1.807) is 0 Å². The molecule has 1 aliphatic heterocycles. The maximum absolute atomic E-state index is 13.8. The number of Topliss-reactive ketones (excluding diaryl/α,β-unsaturated/α-hetero) is 1. The van der Waals surface area contributed by atoms with E-state index in [2.05, 4.69) is 72.5 Å². The Morgan fingerprint density at radius 3 is 2.23 bits per heavy atom. The molecule has 0 N–H and O–H groups in total. The zero-order chi connectivity index (χ0) is 20.6. The largest absolute Gasteiger partial charge is 0.299 e. The molecule has 0 aromatic heterocycles. The summed E-state index contributed by atoms with van der Waals surface area (Å²) in [6.45, 7) is 5.24. The fourth-order valence-electron chi connectivity index (χ4n) is 5.59. The van der Waals surface area contributed by atoms with E-state index in [9.17, 15) is 4.79 Å². The van der Waals surface area contributed by atoms with Crippen molar-refractivity contribution in [3.05, 3.63) is 107 Å². The molecule has 2 aliphatic rings. The minimum Gasteiger partial charge on any atom is -0.299 e. The first-order valence-corrected chi connectivity index (χ1v) is 11.1. The van der Waals surface area contributed by atoms with Gasteiger partial charge in [-0.2, -0.15) is 0 Å². The van der Waals surface area contributed by atoms with E-state index in [1.165, 1.54) is 22.3 Å². The van der Waals surface area contributed by atoms with Gasteiger partial charge in [-0.1, -0.05) is 84.4 Å². The minimum absolute atomic E-state index is 0.335. The average Bonchev–Trinajstić information content (AvgIpc) is 3.10. The highest BCUT2D eigenvalue weighted by Gasteiger charge is 2.52. The van der Waals surface area contributed by atoms with E-state index in [-0.39, 0.29) is 0 Å². The van der Waals surface area contributed by atoms with Crippen LogP contribution in [0.4, 0.5) is 0 Å². The van der Waals surface area contributed by atoms with E-state index in [1.807, 2.05) is 18.2 Å². The van der Waals surface area contributed by atoms with Crippen LogP contribution < -0.4 is 0 Å². The highest BCUT2D eigenvalue weighted by atomic mass is 16.1. The Morgan fingerprint density at radius 2 is 1.53 bits per heavy atom. The van der Waals surface area contributed by atoms with E-state index < -0.39 is 5.41 Å². The molecule has 1 fully saturated rings. The summed E-state index contributed by atoms with van der Waals surface area (Å²) in [6, 6.07) is 27.7. The van der Waals surface area contributed by atoms with Gasteiger partial charge in [0.05, 0.1) is 5.41 Å². The summed E-state index contributed by atoms with van der Waals surface area (Å²) in [7, 11) is 0. The molecule has 0 spiro atoms. The van der Waals surface area contributed by atoms with Gasteiger partial charge < -0.3 is 0 Å². The highest BCUT2D eigenvalue weighted by Crippen LogP contribution is 2.48. The second kappa shape index (κ2) is 7.85. The number of piperidine rings is 1. The molecule has 0 radical (unpaired) electrons. The molecule has 1 aliphatic carbocycles. The van der Waals surface area contributed by atoms with Gasteiger partial charge in [-0.15, -0.1) is 0 Å². The van der Waals surface area contributed by atoms with Crippen LogP contribution in [0.3, 0.4) is 0 Å². The van der Waals surface area contributed by atoms with Crippen LogP contribution in [0, 0.1) is 12.8 Å². The zero-order valence-corrected chi connectivity index (χ0v) is 17.7. The van der Waals surface area contributed by atoms with Crippen molar-refractivity contribution in [3.63, 3.8) is 0 Å². The van der Waals surface area contributed by atoms with Gasteiger partial charge in [0, 0.05) is 12.1 Å². The van der Waals surface area contributed by atoms with Gasteiger partial charge in [-0.25, -0.2) is 0 Å². The number of benzene rings is 3. The molecule has 3 aromatic carbocycles. The van der Waals surface area contributed by atoms with E-state index in [4.69, 9.17) is 0 Å². The third-order valence-electron chi connectivity index (χ3n) is 7.24. The fourth-order valence-corrected chi connectivity index (χ4v) is 5.59. The first-order chi connectivity index (χ1) is 14.7. The zero-order valence-electron chi connectivity index (χ0n) is 17.7. The predicted molar refractivity (Wildman–Crippen MR) is 122 cm³/mol. The van der Waals surface area contributed by atoms with Crippen LogP contribution in [-0.2, 0) is 18.4 Å². The maximum atomic E-state index is 13.8. The van der Waals surface area contributed by atoms with Crippen molar-refractivity contribution in [2.75, 3.05) is 13.1 Å². The Bertz CT molecular complexity index is 1030. The SMILES string of the molecule is Cc1ccc(CN2CCC(C3(c4ccccc4)Cc4ccccc4C3=O)CC2)cc1. The maximum Gasteiger partial charge on any atom is 0.174 e. The Labute approximate surface area is 179 Å². The van der Waals surface area contributed by atoms with Crippen LogP contribution in [0.1, 0.15) is 45.5 Å². The van der Waals surface area contributed by atoms with Gasteiger partial charge in [-0.3, -0.25) is 9.69 Å². The molecule has 1 heterocycles. The number of ketones is 1. The molecule has 0 amide bonds. The number of hydrogen-bond acceptors (Lipinski definition) is 2. The fraction of sp³-hybridized carbons (Fsp3) is 0.321. The second-order valence-electron chi connectivity index (χ2n) is 9.04. The number of hydrogen-bond donors (Lipinski definition) is 0. The Balaban J connectivity index is 1.39. The van der Waals surface area contributed by atoms with Gasteiger partial charge >= 0.3 is 0 Å². The van der Waals surface area contributed by atoms with E-state index in [0.29, 0.717) is 11.7 Å². The van der Waals surface area contributed by atoms with E-state index in [0.717, 1.165) is 44.5 Å². The molecule has 1 atom stereocenters. The highest BCUT2D eigenvalue weighted by molar-refractivity contribution is 6.08. The lowest BCUT2D eigenvalue weighted by Crippen LogP contribution is -2.47. The van der Waals surface area contributed by atoms with Crippen molar-refractivity contribution in [2.45, 2.75) is 38.1 Å². The van der Waals surface area contributed by atoms with E-state index >= 15 is 0 Å². The Kier molecular flexibility index (Phi) is 5.04. The third-order valence-corrected chi connectivity index (χ3v) is 7.24. The van der Waals surface area contributed by atoms with Gasteiger partial charge in [0.15, 0.2) is 5.78 Å². The lowest BCUT2D eigenvalue weighted by Gasteiger charge is -2.42. The molecule has 5 rings (SSSR count). The molecular weight excluding hydrogens is 366 g/mol. The molecule has 152 valence electrons. The molecule has 0 bridgehead atoms. The number of aryl methyl sites for hydroxylation is 1. The second-order valence-corrected chi connectivity index (χ2v) is 9.04. The third kappa shape index (κ3) is 3.30. The van der Waals surface area contributed by atoms with Gasteiger partial charge in [0.25, 0.3) is 0 Å². The summed E-state index contributed by atoms with van der Waals surface area (Å²) in [4.78, 5) is 16.4. The van der Waals surface area contributed by atoms with Crippen LogP contribution in [0.25, 0.3) is 0 Å². The Hall–Kier alpha value is -2.71.